The third kappa shape index (κ3) is 6.40. The number of nitrogens with zero attached hydrogens (tertiary/aromatic N) is 5. The van der Waals surface area contributed by atoms with E-state index in [-0.39, 0.29) is 6.10 Å². The first-order valence-electron chi connectivity index (χ1n) is 11.5. The molecule has 4 rings (SSSR count). The Kier molecular flexibility index (Phi) is 8.34. The summed E-state index contributed by atoms with van der Waals surface area (Å²) in [6, 6.07) is 1.02. The predicted molar refractivity (Wildman–Crippen MR) is 126 cm³/mol. The molecule has 176 valence electrons. The maximum Gasteiger partial charge on any atom is 0.257 e. The van der Waals surface area contributed by atoms with Crippen LogP contribution in [0.15, 0.2) is 23.1 Å². The molecule has 0 aromatic carbocycles. The van der Waals surface area contributed by atoms with E-state index in [9.17, 15) is 0 Å². The molecular formula is C22H33BrN6O3. The van der Waals surface area contributed by atoms with Gasteiger partial charge in [0.2, 0.25) is 5.95 Å². The van der Waals surface area contributed by atoms with Gasteiger partial charge in [0.05, 0.1) is 42.6 Å². The summed E-state index contributed by atoms with van der Waals surface area (Å²) in [5.74, 6) is 1.06. The number of hydrogen-bond acceptors (Lipinski definition) is 8. The van der Waals surface area contributed by atoms with Crippen LogP contribution in [0.2, 0.25) is 0 Å². The lowest BCUT2D eigenvalue weighted by atomic mass is 9.90. The van der Waals surface area contributed by atoms with E-state index >= 15 is 0 Å². The lowest BCUT2D eigenvalue weighted by Crippen LogP contribution is -2.45. The van der Waals surface area contributed by atoms with E-state index < -0.39 is 0 Å². The molecule has 1 saturated heterocycles. The molecule has 9 nitrogen and oxygen atoms in total. The molecule has 1 N–H and O–H groups in total. The number of rotatable bonds is 9. The minimum absolute atomic E-state index is 0.173. The minimum Gasteiger partial charge on any atom is -0.473 e. The van der Waals surface area contributed by atoms with E-state index in [0.717, 1.165) is 49.3 Å². The van der Waals surface area contributed by atoms with Crippen LogP contribution in [0.1, 0.15) is 45.6 Å². The molecule has 0 amide bonds. The van der Waals surface area contributed by atoms with Crippen LogP contribution in [0.25, 0.3) is 0 Å². The second kappa shape index (κ2) is 11.4. The lowest BCUT2D eigenvalue weighted by molar-refractivity contribution is 0.00501. The average Bonchev–Trinajstić information content (AvgIpc) is 3.21. The van der Waals surface area contributed by atoms with Gasteiger partial charge in [0.1, 0.15) is 12.3 Å². The van der Waals surface area contributed by atoms with Gasteiger partial charge in [-0.1, -0.05) is 0 Å². The zero-order valence-corrected chi connectivity index (χ0v) is 20.5. The van der Waals surface area contributed by atoms with Gasteiger partial charge in [-0.25, -0.2) is 9.97 Å². The van der Waals surface area contributed by atoms with Crippen molar-refractivity contribution in [3.05, 3.63) is 23.1 Å². The first-order chi connectivity index (χ1) is 15.6. The quantitative estimate of drug-likeness (QED) is 0.511. The van der Waals surface area contributed by atoms with Crippen LogP contribution < -0.4 is 10.1 Å². The molecular weight excluding hydrogens is 476 g/mol. The Morgan fingerprint density at radius 3 is 2.47 bits per heavy atom. The van der Waals surface area contributed by atoms with Gasteiger partial charge in [0, 0.05) is 31.5 Å². The molecule has 1 aliphatic heterocycles. The average molecular weight is 509 g/mol. The van der Waals surface area contributed by atoms with Gasteiger partial charge in [-0.3, -0.25) is 9.58 Å². The van der Waals surface area contributed by atoms with Gasteiger partial charge in [0.15, 0.2) is 0 Å². The van der Waals surface area contributed by atoms with Crippen LogP contribution in [-0.2, 0) is 9.47 Å². The smallest absolute Gasteiger partial charge is 0.257 e. The summed E-state index contributed by atoms with van der Waals surface area (Å²) in [5.41, 5.74) is 0.771. The van der Waals surface area contributed by atoms with Crippen molar-refractivity contribution in [3.63, 3.8) is 0 Å². The number of halogens is 1. The van der Waals surface area contributed by atoms with E-state index in [4.69, 9.17) is 19.3 Å². The summed E-state index contributed by atoms with van der Waals surface area (Å²) in [4.78, 5) is 11.2. The molecule has 2 aromatic rings. The summed E-state index contributed by atoms with van der Waals surface area (Å²) in [5, 5.41) is 8.03. The molecule has 2 aliphatic rings. The van der Waals surface area contributed by atoms with Crippen molar-refractivity contribution in [2.45, 2.75) is 57.7 Å². The number of anilines is 2. The van der Waals surface area contributed by atoms with E-state index in [1.165, 1.54) is 12.8 Å². The van der Waals surface area contributed by atoms with Gasteiger partial charge in [-0.05, 0) is 55.5 Å². The number of aromatic nitrogens is 4. The number of morpholine rings is 1. The van der Waals surface area contributed by atoms with Gasteiger partial charge < -0.3 is 19.5 Å². The number of nitrogens with one attached hydrogen (secondary N) is 1. The summed E-state index contributed by atoms with van der Waals surface area (Å²) in [6.45, 7) is 8.79. The van der Waals surface area contributed by atoms with Crippen molar-refractivity contribution in [1.29, 1.82) is 0 Å². The summed E-state index contributed by atoms with van der Waals surface area (Å²) in [6.07, 6.45) is 10.2. The van der Waals surface area contributed by atoms with E-state index in [1.54, 1.807) is 12.4 Å². The third-order valence-corrected chi connectivity index (χ3v) is 6.35. The maximum atomic E-state index is 5.96. The second-order valence-corrected chi connectivity index (χ2v) is 9.47. The van der Waals surface area contributed by atoms with Crippen molar-refractivity contribution in [3.8, 4) is 5.88 Å². The monoisotopic (exact) mass is 508 g/mol. The minimum atomic E-state index is 0.173. The number of ether oxygens (including phenoxy) is 3. The highest BCUT2D eigenvalue weighted by atomic mass is 79.9. The Hall–Kier alpha value is -1.75. The highest BCUT2D eigenvalue weighted by molar-refractivity contribution is 9.10. The molecule has 0 atom stereocenters. The fraction of sp³-hybridized carbons (Fsp3) is 0.682. The van der Waals surface area contributed by atoms with Crippen LogP contribution in [0.5, 0.6) is 5.88 Å². The van der Waals surface area contributed by atoms with Crippen LogP contribution in [0, 0.1) is 0 Å². The van der Waals surface area contributed by atoms with Crippen LogP contribution in [-0.4, -0.2) is 76.3 Å². The zero-order chi connectivity index (χ0) is 22.3. The third-order valence-electron chi connectivity index (χ3n) is 5.94. The van der Waals surface area contributed by atoms with Crippen LogP contribution in [0.4, 0.5) is 11.6 Å². The summed E-state index contributed by atoms with van der Waals surface area (Å²) >= 11 is 3.37. The standard InChI is InChI=1S/C22H33BrN6O3/c1-16(2)31-11-12-32-21-20(26-22-24-13-17(23)14-25-22)15-29(27-21)19-5-3-18(4-6-19)28-7-9-30-10-8-28/h13-16,18-19H,3-12H2,1-2H3,(H,24,25,26). The van der Waals surface area contributed by atoms with E-state index in [2.05, 4.69) is 40.8 Å². The first kappa shape index (κ1) is 23.4. The molecule has 2 fully saturated rings. The van der Waals surface area contributed by atoms with Crippen molar-refractivity contribution in [2.24, 2.45) is 0 Å². The Labute approximate surface area is 198 Å². The SMILES string of the molecule is CC(C)OCCOc1nn(C2CCC(N3CCOCC3)CC2)cc1Nc1ncc(Br)cn1. The normalized spacial score (nSPS) is 22.2. The van der Waals surface area contributed by atoms with E-state index in [1.807, 2.05) is 20.0 Å². The van der Waals surface area contributed by atoms with Crippen molar-refractivity contribution >= 4 is 27.6 Å². The second-order valence-electron chi connectivity index (χ2n) is 8.56. The Balaban J connectivity index is 1.41. The van der Waals surface area contributed by atoms with Gasteiger partial charge in [-0.15, -0.1) is 5.10 Å². The molecule has 2 aromatic heterocycles. The van der Waals surface area contributed by atoms with Gasteiger partial charge >= 0.3 is 0 Å². The molecule has 0 radical (unpaired) electrons. The molecule has 3 heterocycles. The summed E-state index contributed by atoms with van der Waals surface area (Å²) in [7, 11) is 0. The van der Waals surface area contributed by atoms with Crippen LogP contribution in [0.3, 0.4) is 0 Å². The lowest BCUT2D eigenvalue weighted by Gasteiger charge is -2.38. The van der Waals surface area contributed by atoms with Gasteiger partial charge in [0.25, 0.3) is 5.88 Å². The highest BCUT2D eigenvalue weighted by Crippen LogP contribution is 2.34. The summed E-state index contributed by atoms with van der Waals surface area (Å²) < 4.78 is 20.0. The molecule has 1 aliphatic carbocycles. The number of hydrogen-bond donors (Lipinski definition) is 1. The van der Waals surface area contributed by atoms with E-state index in [0.29, 0.717) is 37.1 Å². The fourth-order valence-corrected chi connectivity index (χ4v) is 4.51. The molecule has 0 spiro atoms. The highest BCUT2D eigenvalue weighted by Gasteiger charge is 2.29. The zero-order valence-electron chi connectivity index (χ0n) is 18.9. The molecule has 0 unspecified atom stereocenters. The largest absolute Gasteiger partial charge is 0.473 e. The molecule has 1 saturated carbocycles. The fourth-order valence-electron chi connectivity index (χ4n) is 4.30. The van der Waals surface area contributed by atoms with Crippen molar-refractivity contribution in [1.82, 2.24) is 24.6 Å². The van der Waals surface area contributed by atoms with Gasteiger partial charge in [-0.2, -0.15) is 0 Å². The molecule has 10 heteroatoms. The van der Waals surface area contributed by atoms with Crippen LogP contribution >= 0.6 is 15.9 Å². The Bertz CT molecular complexity index is 833. The topological polar surface area (TPSA) is 86.6 Å². The maximum absolute atomic E-state index is 5.96. The predicted octanol–water partition coefficient (Wildman–Crippen LogP) is 3.80. The van der Waals surface area contributed by atoms with Crippen molar-refractivity contribution in [2.75, 3.05) is 44.8 Å². The molecule has 32 heavy (non-hydrogen) atoms. The Morgan fingerprint density at radius 1 is 1.09 bits per heavy atom. The molecule has 0 bridgehead atoms. The first-order valence-corrected chi connectivity index (χ1v) is 12.3. The van der Waals surface area contributed by atoms with Crippen molar-refractivity contribution < 1.29 is 14.2 Å². The Morgan fingerprint density at radius 2 is 1.78 bits per heavy atom.